The Bertz CT molecular complexity index is 597. The molecule has 1 atom stereocenters. The molecule has 0 spiro atoms. The largest absolute Gasteiger partial charge is 0.313 e. The van der Waals surface area contributed by atoms with Gasteiger partial charge in [0.2, 0.25) is 0 Å². The molecule has 20 heavy (non-hydrogen) atoms. The van der Waals surface area contributed by atoms with Gasteiger partial charge in [-0.25, -0.2) is 8.78 Å². The van der Waals surface area contributed by atoms with Crippen LogP contribution in [0.1, 0.15) is 17.2 Å². The van der Waals surface area contributed by atoms with E-state index in [1.54, 1.807) is 25.2 Å². The van der Waals surface area contributed by atoms with Crippen LogP contribution in [0, 0.1) is 11.6 Å². The lowest BCUT2D eigenvalue weighted by Gasteiger charge is -2.19. The normalized spacial score (nSPS) is 12.4. The van der Waals surface area contributed by atoms with Crippen LogP contribution in [0.2, 0.25) is 10.0 Å². The highest BCUT2D eigenvalue weighted by Crippen LogP contribution is 2.29. The molecule has 5 heteroatoms. The molecular formula is C15H13Cl2F2N. The van der Waals surface area contributed by atoms with Crippen molar-refractivity contribution in [1.82, 2.24) is 5.32 Å². The second-order valence-corrected chi connectivity index (χ2v) is 5.20. The second-order valence-electron chi connectivity index (χ2n) is 4.39. The molecule has 1 nitrogen and oxygen atoms in total. The molecule has 0 saturated carbocycles. The summed E-state index contributed by atoms with van der Waals surface area (Å²) in [4.78, 5) is 0. The number of likely N-dealkylation sites (N-methyl/N-ethyl adjacent to an activating group) is 1. The molecule has 1 unspecified atom stereocenters. The van der Waals surface area contributed by atoms with Gasteiger partial charge in [0.1, 0.15) is 11.6 Å². The van der Waals surface area contributed by atoms with E-state index in [0.717, 1.165) is 0 Å². The molecule has 0 aromatic heterocycles. The topological polar surface area (TPSA) is 12.0 Å². The molecule has 0 aliphatic rings. The van der Waals surface area contributed by atoms with Crippen molar-refractivity contribution >= 4 is 23.2 Å². The molecule has 0 bridgehead atoms. The molecule has 0 amide bonds. The SMILES string of the molecule is CNC(Cc1c(F)cccc1Cl)c1cccc(Cl)c1F. The van der Waals surface area contributed by atoms with Gasteiger partial charge >= 0.3 is 0 Å². The minimum Gasteiger partial charge on any atom is -0.313 e. The minimum absolute atomic E-state index is 0.0439. The fourth-order valence-electron chi connectivity index (χ4n) is 2.09. The summed E-state index contributed by atoms with van der Waals surface area (Å²) in [5.74, 6) is -0.902. The lowest BCUT2D eigenvalue weighted by molar-refractivity contribution is 0.520. The summed E-state index contributed by atoms with van der Waals surface area (Å²) in [5.41, 5.74) is 0.743. The summed E-state index contributed by atoms with van der Waals surface area (Å²) in [6, 6.07) is 8.83. The molecule has 1 N–H and O–H groups in total. The van der Waals surface area contributed by atoms with Crippen LogP contribution in [0.15, 0.2) is 36.4 Å². The Hall–Kier alpha value is -1.16. The van der Waals surface area contributed by atoms with E-state index in [2.05, 4.69) is 5.32 Å². The number of benzene rings is 2. The monoisotopic (exact) mass is 315 g/mol. The summed E-state index contributed by atoms with van der Waals surface area (Å²) in [6.45, 7) is 0. The van der Waals surface area contributed by atoms with Gasteiger partial charge in [-0.3, -0.25) is 0 Å². The van der Waals surface area contributed by atoms with E-state index in [-0.39, 0.29) is 11.4 Å². The Labute approximate surface area is 126 Å². The number of halogens is 4. The Morgan fingerprint density at radius 1 is 1.05 bits per heavy atom. The molecule has 0 fully saturated rings. The van der Waals surface area contributed by atoms with Crippen molar-refractivity contribution < 1.29 is 8.78 Å². The van der Waals surface area contributed by atoms with E-state index in [0.29, 0.717) is 16.1 Å². The number of rotatable bonds is 4. The van der Waals surface area contributed by atoms with Gasteiger partial charge in [0.05, 0.1) is 5.02 Å². The van der Waals surface area contributed by atoms with Crippen molar-refractivity contribution in [2.75, 3.05) is 7.05 Å². The molecule has 2 aromatic rings. The maximum absolute atomic E-state index is 14.0. The molecular weight excluding hydrogens is 303 g/mol. The fourth-order valence-corrected chi connectivity index (χ4v) is 2.51. The lowest BCUT2D eigenvalue weighted by atomic mass is 9.98. The van der Waals surface area contributed by atoms with Gasteiger partial charge in [-0.2, -0.15) is 0 Å². The standard InChI is InChI=1S/C15H13Cl2F2N/c1-20-14(9-4-2-6-12(17)15(9)19)8-10-11(16)5-3-7-13(10)18/h2-7,14,20H,8H2,1H3. The van der Waals surface area contributed by atoms with Gasteiger partial charge in [0.25, 0.3) is 0 Å². The van der Waals surface area contributed by atoms with Crippen molar-refractivity contribution in [3.8, 4) is 0 Å². The van der Waals surface area contributed by atoms with Crippen LogP contribution in [0.4, 0.5) is 8.78 Å². The third kappa shape index (κ3) is 3.11. The zero-order valence-corrected chi connectivity index (χ0v) is 12.3. The summed E-state index contributed by atoms with van der Waals surface area (Å²) in [7, 11) is 1.68. The van der Waals surface area contributed by atoms with Crippen LogP contribution >= 0.6 is 23.2 Å². The highest BCUT2D eigenvalue weighted by molar-refractivity contribution is 6.31. The van der Waals surface area contributed by atoms with Crippen molar-refractivity contribution in [1.29, 1.82) is 0 Å². The van der Waals surface area contributed by atoms with Crippen LogP contribution in [-0.4, -0.2) is 7.05 Å². The maximum Gasteiger partial charge on any atom is 0.146 e. The molecule has 0 saturated heterocycles. The first kappa shape index (κ1) is 15.2. The summed E-state index contributed by atoms with van der Waals surface area (Å²) >= 11 is 11.8. The highest BCUT2D eigenvalue weighted by Gasteiger charge is 2.19. The van der Waals surface area contributed by atoms with Crippen molar-refractivity contribution in [3.05, 3.63) is 69.2 Å². The van der Waals surface area contributed by atoms with Crippen molar-refractivity contribution in [2.24, 2.45) is 0 Å². The minimum atomic E-state index is -0.499. The zero-order valence-electron chi connectivity index (χ0n) is 10.8. The molecule has 0 aliphatic carbocycles. The van der Waals surface area contributed by atoms with Gasteiger partial charge < -0.3 is 5.32 Å². The number of nitrogens with one attached hydrogen (secondary N) is 1. The van der Waals surface area contributed by atoms with Crippen LogP contribution in [-0.2, 0) is 6.42 Å². The quantitative estimate of drug-likeness (QED) is 0.856. The predicted octanol–water partition coefficient (Wildman–Crippen LogP) is 4.77. The maximum atomic E-state index is 14.0. The van der Waals surface area contributed by atoms with E-state index in [1.165, 1.54) is 18.2 Å². The van der Waals surface area contributed by atoms with E-state index < -0.39 is 17.7 Å². The van der Waals surface area contributed by atoms with Gasteiger partial charge in [-0.15, -0.1) is 0 Å². The lowest BCUT2D eigenvalue weighted by Crippen LogP contribution is -2.21. The average Bonchev–Trinajstić information content (AvgIpc) is 2.42. The van der Waals surface area contributed by atoms with E-state index >= 15 is 0 Å². The molecule has 2 rings (SSSR count). The third-order valence-electron chi connectivity index (χ3n) is 3.18. The van der Waals surface area contributed by atoms with Crippen LogP contribution in [0.3, 0.4) is 0 Å². The smallest absolute Gasteiger partial charge is 0.146 e. The number of hydrogen-bond acceptors (Lipinski definition) is 1. The van der Waals surface area contributed by atoms with Crippen molar-refractivity contribution in [2.45, 2.75) is 12.5 Å². The molecule has 0 aliphatic heterocycles. The Morgan fingerprint density at radius 3 is 2.35 bits per heavy atom. The molecule has 2 aromatic carbocycles. The average molecular weight is 316 g/mol. The first-order valence-corrected chi connectivity index (χ1v) is 6.84. The van der Waals surface area contributed by atoms with E-state index in [9.17, 15) is 8.78 Å². The van der Waals surface area contributed by atoms with Crippen molar-refractivity contribution in [3.63, 3.8) is 0 Å². The fraction of sp³-hybridized carbons (Fsp3) is 0.200. The second kappa shape index (κ2) is 6.53. The molecule has 0 heterocycles. The summed E-state index contributed by atoms with van der Waals surface area (Å²) < 4.78 is 27.9. The first-order valence-electron chi connectivity index (χ1n) is 6.08. The summed E-state index contributed by atoms with van der Waals surface area (Å²) in [5, 5.41) is 3.34. The molecule has 106 valence electrons. The molecule has 0 radical (unpaired) electrons. The Balaban J connectivity index is 2.37. The predicted molar refractivity (Wildman–Crippen MR) is 78.3 cm³/mol. The van der Waals surface area contributed by atoms with Crippen LogP contribution in [0.25, 0.3) is 0 Å². The van der Waals surface area contributed by atoms with E-state index in [4.69, 9.17) is 23.2 Å². The first-order chi connectivity index (χ1) is 9.54. The Morgan fingerprint density at radius 2 is 1.70 bits per heavy atom. The van der Waals surface area contributed by atoms with Gasteiger partial charge in [0, 0.05) is 22.2 Å². The summed E-state index contributed by atoms with van der Waals surface area (Å²) in [6.07, 6.45) is 0.235. The van der Waals surface area contributed by atoms with Crippen LogP contribution in [0.5, 0.6) is 0 Å². The number of hydrogen-bond donors (Lipinski definition) is 1. The Kier molecular flexibility index (Phi) is 4.97. The zero-order chi connectivity index (χ0) is 14.7. The third-order valence-corrected chi connectivity index (χ3v) is 3.82. The van der Waals surface area contributed by atoms with Gasteiger partial charge in [0.15, 0.2) is 0 Å². The van der Waals surface area contributed by atoms with Gasteiger partial charge in [-0.05, 0) is 31.7 Å². The van der Waals surface area contributed by atoms with E-state index in [1.807, 2.05) is 0 Å². The highest BCUT2D eigenvalue weighted by atomic mass is 35.5. The van der Waals surface area contributed by atoms with Gasteiger partial charge in [-0.1, -0.05) is 41.4 Å². The van der Waals surface area contributed by atoms with Crippen LogP contribution < -0.4 is 5.32 Å².